The van der Waals surface area contributed by atoms with Crippen LogP contribution in [0, 0.1) is 16.0 Å². The minimum Gasteiger partial charge on any atom is -0.481 e. The monoisotopic (exact) mass is 398 g/mol. The molecule has 150 valence electrons. The van der Waals surface area contributed by atoms with Crippen LogP contribution in [0.15, 0.2) is 48.5 Å². The predicted octanol–water partition coefficient (Wildman–Crippen LogP) is 2.95. The van der Waals surface area contributed by atoms with E-state index in [1.165, 1.54) is 48.4 Å². The molecule has 3 rings (SSSR count). The van der Waals surface area contributed by atoms with Crippen LogP contribution in [-0.4, -0.2) is 35.0 Å². The number of hydrogen-bond acceptors (Lipinski definition) is 6. The normalized spacial score (nSPS) is 18.9. The molecule has 2 aromatic rings. The van der Waals surface area contributed by atoms with Crippen LogP contribution in [-0.2, 0) is 14.3 Å². The third kappa shape index (κ3) is 3.93. The molecule has 0 unspecified atom stereocenters. The van der Waals surface area contributed by atoms with Crippen molar-refractivity contribution < 1.29 is 29.2 Å². The van der Waals surface area contributed by atoms with Crippen molar-refractivity contribution in [3.8, 4) is 0 Å². The number of hydrogen-bond donors (Lipinski definition) is 1. The highest BCUT2D eigenvalue weighted by Crippen LogP contribution is 2.40. The van der Waals surface area contributed by atoms with Crippen LogP contribution < -0.4 is 4.90 Å². The van der Waals surface area contributed by atoms with Crippen molar-refractivity contribution >= 4 is 29.2 Å². The number of methoxy groups -OCH3 is 1. The van der Waals surface area contributed by atoms with Crippen molar-refractivity contribution in [3.63, 3.8) is 0 Å². The maximum Gasteiger partial charge on any atom is 0.337 e. The highest BCUT2D eigenvalue weighted by molar-refractivity contribution is 5.98. The zero-order chi connectivity index (χ0) is 21.1. The molecule has 1 aliphatic heterocycles. The number of carboxylic acid groups (broad SMARTS) is 1. The molecule has 0 aliphatic carbocycles. The lowest BCUT2D eigenvalue weighted by Crippen LogP contribution is -2.45. The summed E-state index contributed by atoms with van der Waals surface area (Å²) in [5.74, 6) is -2.86. The van der Waals surface area contributed by atoms with Gasteiger partial charge in [0.2, 0.25) is 5.91 Å². The Morgan fingerprint density at radius 1 is 1.21 bits per heavy atom. The van der Waals surface area contributed by atoms with Gasteiger partial charge in [-0.3, -0.25) is 19.7 Å². The first-order chi connectivity index (χ1) is 13.8. The van der Waals surface area contributed by atoms with Gasteiger partial charge in [-0.05, 0) is 30.2 Å². The Morgan fingerprint density at radius 2 is 1.90 bits per heavy atom. The van der Waals surface area contributed by atoms with E-state index < -0.39 is 28.8 Å². The first-order valence-electron chi connectivity index (χ1n) is 8.81. The molecule has 1 fully saturated rings. The van der Waals surface area contributed by atoms with Crippen LogP contribution in [0.5, 0.6) is 0 Å². The van der Waals surface area contributed by atoms with Gasteiger partial charge in [-0.25, -0.2) is 4.79 Å². The van der Waals surface area contributed by atoms with E-state index >= 15 is 0 Å². The molecule has 0 saturated carbocycles. The van der Waals surface area contributed by atoms with Crippen LogP contribution in [0.3, 0.4) is 0 Å². The van der Waals surface area contributed by atoms with Crippen LogP contribution >= 0.6 is 0 Å². The van der Waals surface area contributed by atoms with Crippen molar-refractivity contribution in [1.29, 1.82) is 0 Å². The average Bonchev–Trinajstić information content (AvgIpc) is 2.72. The van der Waals surface area contributed by atoms with Gasteiger partial charge < -0.3 is 14.7 Å². The summed E-state index contributed by atoms with van der Waals surface area (Å²) in [6, 6.07) is 10.8. The van der Waals surface area contributed by atoms with Gasteiger partial charge in [-0.1, -0.05) is 18.2 Å². The lowest BCUT2D eigenvalue weighted by molar-refractivity contribution is -0.384. The van der Waals surface area contributed by atoms with Crippen molar-refractivity contribution in [2.45, 2.75) is 18.9 Å². The average molecular weight is 398 g/mol. The number of carbonyl (C=O) groups excluding carboxylic acids is 2. The fraction of sp³-hybridized carbons (Fsp3) is 0.250. The number of amides is 1. The van der Waals surface area contributed by atoms with Gasteiger partial charge in [0.1, 0.15) is 0 Å². The Morgan fingerprint density at radius 3 is 2.48 bits per heavy atom. The molecule has 1 N–H and O–H groups in total. The maximum absolute atomic E-state index is 12.8. The summed E-state index contributed by atoms with van der Waals surface area (Å²) in [7, 11) is 1.24. The second-order valence-electron chi connectivity index (χ2n) is 6.58. The largest absolute Gasteiger partial charge is 0.481 e. The Kier molecular flexibility index (Phi) is 5.58. The van der Waals surface area contributed by atoms with Crippen molar-refractivity contribution in [2.75, 3.05) is 12.0 Å². The van der Waals surface area contributed by atoms with Crippen LogP contribution in [0.4, 0.5) is 11.4 Å². The smallest absolute Gasteiger partial charge is 0.337 e. The summed E-state index contributed by atoms with van der Waals surface area (Å²) >= 11 is 0. The predicted molar refractivity (Wildman–Crippen MR) is 101 cm³/mol. The first-order valence-corrected chi connectivity index (χ1v) is 8.81. The quantitative estimate of drug-likeness (QED) is 0.466. The molecule has 0 bridgehead atoms. The maximum atomic E-state index is 12.8. The fourth-order valence-corrected chi connectivity index (χ4v) is 3.53. The lowest BCUT2D eigenvalue weighted by Gasteiger charge is -2.39. The van der Waals surface area contributed by atoms with E-state index in [0.717, 1.165) is 0 Å². The fourth-order valence-electron chi connectivity index (χ4n) is 3.53. The summed E-state index contributed by atoms with van der Waals surface area (Å²) in [4.78, 5) is 48.3. The molecule has 2 aromatic carbocycles. The summed E-state index contributed by atoms with van der Waals surface area (Å²) in [5.41, 5.74) is 0.895. The second-order valence-corrected chi connectivity index (χ2v) is 6.58. The van der Waals surface area contributed by atoms with Crippen molar-refractivity contribution in [3.05, 3.63) is 69.8 Å². The molecule has 0 radical (unpaired) electrons. The number of aliphatic carboxylic acids is 1. The van der Waals surface area contributed by atoms with E-state index in [-0.39, 0.29) is 30.0 Å². The van der Waals surface area contributed by atoms with Gasteiger partial charge in [0.25, 0.3) is 5.69 Å². The number of carboxylic acids is 1. The minimum atomic E-state index is -1.07. The third-order valence-electron chi connectivity index (χ3n) is 4.91. The standard InChI is InChI=1S/C20H18N2O7/c1-29-20(26)13-3-2-4-15(11-13)21-17(23)10-9-16(19(24)25)18(21)12-5-7-14(8-6-12)22(27)28/h2-8,11,16,18H,9-10H2,1H3,(H,24,25)/t16-,18+/m0/s1. The summed E-state index contributed by atoms with van der Waals surface area (Å²) < 4.78 is 4.71. The van der Waals surface area contributed by atoms with E-state index in [1.54, 1.807) is 12.1 Å². The van der Waals surface area contributed by atoms with E-state index in [9.17, 15) is 29.6 Å². The molecule has 9 heteroatoms. The molecule has 1 saturated heterocycles. The van der Waals surface area contributed by atoms with Crippen molar-refractivity contribution in [1.82, 2.24) is 0 Å². The summed E-state index contributed by atoms with van der Waals surface area (Å²) in [6.45, 7) is 0. The zero-order valence-corrected chi connectivity index (χ0v) is 15.5. The van der Waals surface area contributed by atoms with Crippen LogP contribution in [0.1, 0.15) is 34.8 Å². The van der Waals surface area contributed by atoms with Crippen molar-refractivity contribution in [2.24, 2.45) is 5.92 Å². The SMILES string of the molecule is COC(=O)c1cccc(N2C(=O)CC[C@H](C(=O)O)[C@H]2c2ccc([N+](=O)[O-])cc2)c1. The van der Waals surface area contributed by atoms with E-state index in [4.69, 9.17) is 4.74 Å². The zero-order valence-electron chi connectivity index (χ0n) is 15.5. The number of nitrogens with zero attached hydrogens (tertiary/aromatic N) is 2. The molecule has 29 heavy (non-hydrogen) atoms. The number of rotatable bonds is 5. The molecule has 1 aliphatic rings. The number of non-ortho nitro benzene ring substituents is 1. The Bertz CT molecular complexity index is 971. The molecule has 1 heterocycles. The number of esters is 1. The molecule has 2 atom stereocenters. The van der Waals surface area contributed by atoms with Gasteiger partial charge in [0.05, 0.1) is 29.6 Å². The molecular weight excluding hydrogens is 380 g/mol. The minimum absolute atomic E-state index is 0.0307. The molecule has 0 aromatic heterocycles. The number of piperidine rings is 1. The number of carbonyl (C=O) groups is 3. The van der Waals surface area contributed by atoms with Gasteiger partial charge in [0, 0.05) is 24.2 Å². The molecule has 0 spiro atoms. The Balaban J connectivity index is 2.10. The summed E-state index contributed by atoms with van der Waals surface area (Å²) in [6.07, 6.45) is 0.173. The molecular formula is C20H18N2O7. The third-order valence-corrected chi connectivity index (χ3v) is 4.91. The van der Waals surface area contributed by atoms with Gasteiger partial charge >= 0.3 is 11.9 Å². The number of benzene rings is 2. The number of nitro groups is 1. The van der Waals surface area contributed by atoms with Gasteiger partial charge in [-0.2, -0.15) is 0 Å². The van der Waals surface area contributed by atoms with E-state index in [1.807, 2.05) is 0 Å². The Hall–Kier alpha value is -3.75. The topological polar surface area (TPSA) is 127 Å². The van der Waals surface area contributed by atoms with E-state index in [2.05, 4.69) is 0 Å². The van der Waals surface area contributed by atoms with Gasteiger partial charge in [0.15, 0.2) is 0 Å². The number of nitro benzene ring substituents is 1. The van der Waals surface area contributed by atoms with Crippen LogP contribution in [0.25, 0.3) is 0 Å². The van der Waals surface area contributed by atoms with Gasteiger partial charge in [-0.15, -0.1) is 0 Å². The second kappa shape index (κ2) is 8.09. The number of ether oxygens (including phenoxy) is 1. The highest BCUT2D eigenvalue weighted by atomic mass is 16.6. The van der Waals surface area contributed by atoms with Crippen LogP contribution in [0.2, 0.25) is 0 Å². The van der Waals surface area contributed by atoms with E-state index in [0.29, 0.717) is 11.3 Å². The molecule has 1 amide bonds. The summed E-state index contributed by atoms with van der Waals surface area (Å²) in [5, 5.41) is 20.7. The molecule has 9 nitrogen and oxygen atoms in total. The lowest BCUT2D eigenvalue weighted by atomic mass is 9.83. The Labute approximate surface area is 165 Å². The number of anilines is 1. The first kappa shape index (κ1) is 20.0. The highest BCUT2D eigenvalue weighted by Gasteiger charge is 2.41.